The fourth-order valence-corrected chi connectivity index (χ4v) is 2.55. The molecule has 1 amide bonds. The molecule has 0 bridgehead atoms. The minimum atomic E-state index is -0.577. The molecule has 0 aliphatic rings. The zero-order valence-corrected chi connectivity index (χ0v) is 16.6. The van der Waals surface area contributed by atoms with Crippen molar-refractivity contribution in [2.24, 2.45) is 0 Å². The summed E-state index contributed by atoms with van der Waals surface area (Å²) < 4.78 is 16.7. The van der Waals surface area contributed by atoms with Crippen LogP contribution in [0.4, 0.5) is 0 Å². The van der Waals surface area contributed by atoms with E-state index in [-0.39, 0.29) is 5.91 Å². The molecule has 1 unspecified atom stereocenters. The molecule has 5 heteroatoms. The van der Waals surface area contributed by atoms with Gasteiger partial charge in [0.15, 0.2) is 17.6 Å². The normalized spacial score (nSPS) is 11.6. The molecule has 5 nitrogen and oxygen atoms in total. The Morgan fingerprint density at radius 2 is 1.74 bits per heavy atom. The van der Waals surface area contributed by atoms with E-state index >= 15 is 0 Å². The third-order valence-corrected chi connectivity index (χ3v) is 4.17. The van der Waals surface area contributed by atoms with E-state index in [9.17, 15) is 4.79 Å². The lowest BCUT2D eigenvalue weighted by atomic mass is 10.2. The summed E-state index contributed by atoms with van der Waals surface area (Å²) in [6.45, 7) is 6.93. The molecule has 0 aromatic heterocycles. The Morgan fingerprint density at radius 1 is 1.04 bits per heavy atom. The van der Waals surface area contributed by atoms with Crippen LogP contribution < -0.4 is 19.5 Å². The lowest BCUT2D eigenvalue weighted by Gasteiger charge is -2.16. The van der Waals surface area contributed by atoms with Gasteiger partial charge in [-0.15, -0.1) is 0 Å². The summed E-state index contributed by atoms with van der Waals surface area (Å²) in [4.78, 5) is 12.3. The van der Waals surface area contributed by atoms with Crippen molar-refractivity contribution in [3.8, 4) is 17.2 Å². The number of carbonyl (C=O) groups is 1. The second-order valence-corrected chi connectivity index (χ2v) is 6.31. The predicted octanol–water partition coefficient (Wildman–Crippen LogP) is 4.13. The first-order chi connectivity index (χ1) is 13.1. The van der Waals surface area contributed by atoms with Gasteiger partial charge in [0.25, 0.3) is 5.91 Å². The monoisotopic (exact) mass is 371 g/mol. The van der Waals surface area contributed by atoms with Crippen LogP contribution >= 0.6 is 0 Å². The molecule has 0 aliphatic carbocycles. The third-order valence-electron chi connectivity index (χ3n) is 4.17. The van der Waals surface area contributed by atoms with Crippen LogP contribution in [0.25, 0.3) is 0 Å². The van der Waals surface area contributed by atoms with Gasteiger partial charge in [0.1, 0.15) is 5.75 Å². The fraction of sp³-hybridized carbons (Fsp3) is 0.409. The highest BCUT2D eigenvalue weighted by Crippen LogP contribution is 2.28. The van der Waals surface area contributed by atoms with E-state index in [2.05, 4.69) is 19.2 Å². The predicted molar refractivity (Wildman–Crippen MR) is 107 cm³/mol. The minimum absolute atomic E-state index is 0.167. The number of ether oxygens (including phenoxy) is 3. The van der Waals surface area contributed by atoms with E-state index in [1.54, 1.807) is 14.0 Å². The summed E-state index contributed by atoms with van der Waals surface area (Å²) in [6, 6.07) is 13.5. The summed E-state index contributed by atoms with van der Waals surface area (Å²) in [5.41, 5.74) is 2.17. The van der Waals surface area contributed by atoms with Gasteiger partial charge in [0.05, 0.1) is 13.7 Å². The second kappa shape index (κ2) is 10.5. The van der Waals surface area contributed by atoms with E-state index in [1.165, 1.54) is 5.56 Å². The maximum Gasteiger partial charge on any atom is 0.261 e. The number of benzene rings is 2. The van der Waals surface area contributed by atoms with E-state index in [1.807, 2.05) is 42.5 Å². The molecule has 0 radical (unpaired) electrons. The Hall–Kier alpha value is -2.69. The van der Waals surface area contributed by atoms with Crippen molar-refractivity contribution in [3.05, 3.63) is 53.6 Å². The van der Waals surface area contributed by atoms with Gasteiger partial charge in [0, 0.05) is 6.54 Å². The third kappa shape index (κ3) is 6.20. The number of nitrogens with one attached hydrogen (secondary N) is 1. The van der Waals surface area contributed by atoms with Gasteiger partial charge in [-0.3, -0.25) is 4.79 Å². The molecule has 1 N–H and O–H groups in total. The molecule has 0 heterocycles. The highest BCUT2D eigenvalue weighted by atomic mass is 16.5. The Kier molecular flexibility index (Phi) is 7.99. The van der Waals surface area contributed by atoms with Crippen molar-refractivity contribution in [1.82, 2.24) is 5.32 Å². The van der Waals surface area contributed by atoms with Crippen molar-refractivity contribution in [3.63, 3.8) is 0 Å². The minimum Gasteiger partial charge on any atom is -0.493 e. The molecule has 27 heavy (non-hydrogen) atoms. The zero-order chi connectivity index (χ0) is 19.6. The van der Waals surface area contributed by atoms with Crippen LogP contribution in [0.3, 0.4) is 0 Å². The highest BCUT2D eigenvalue weighted by Gasteiger charge is 2.15. The lowest BCUT2D eigenvalue weighted by molar-refractivity contribution is -0.127. The highest BCUT2D eigenvalue weighted by molar-refractivity contribution is 5.80. The number of hydrogen-bond donors (Lipinski definition) is 1. The number of methoxy groups -OCH3 is 1. The van der Waals surface area contributed by atoms with Gasteiger partial charge in [-0.1, -0.05) is 32.0 Å². The maximum absolute atomic E-state index is 12.3. The van der Waals surface area contributed by atoms with Crippen LogP contribution in [0.15, 0.2) is 42.5 Å². The topological polar surface area (TPSA) is 56.8 Å². The van der Waals surface area contributed by atoms with Gasteiger partial charge >= 0.3 is 0 Å². The number of aryl methyl sites for hydroxylation is 1. The van der Waals surface area contributed by atoms with Crippen LogP contribution in [-0.4, -0.2) is 25.7 Å². The molecule has 0 saturated heterocycles. The number of carbonyl (C=O) groups excluding carboxylic acids is 1. The largest absolute Gasteiger partial charge is 0.493 e. The van der Waals surface area contributed by atoms with Gasteiger partial charge in [-0.2, -0.15) is 0 Å². The second-order valence-electron chi connectivity index (χ2n) is 6.31. The molecule has 1 atom stereocenters. The Bertz CT molecular complexity index is 728. The zero-order valence-electron chi connectivity index (χ0n) is 16.6. The molecule has 0 aliphatic heterocycles. The van der Waals surface area contributed by atoms with E-state index in [0.29, 0.717) is 30.4 Å². The van der Waals surface area contributed by atoms with Crippen LogP contribution in [-0.2, 0) is 17.8 Å². The molecule has 2 aromatic carbocycles. The number of rotatable bonds is 10. The SMILES string of the molecule is CCCOc1ccc(CNC(=O)C(C)Oc2ccc(CC)cc2)cc1OC. The number of amides is 1. The molecule has 146 valence electrons. The number of hydrogen-bond acceptors (Lipinski definition) is 4. The van der Waals surface area contributed by atoms with E-state index in [0.717, 1.165) is 18.4 Å². The van der Waals surface area contributed by atoms with Crippen LogP contribution in [0.5, 0.6) is 17.2 Å². The molecular formula is C22H29NO4. The van der Waals surface area contributed by atoms with Crippen molar-refractivity contribution in [1.29, 1.82) is 0 Å². The van der Waals surface area contributed by atoms with Crippen molar-refractivity contribution in [2.45, 2.75) is 46.3 Å². The lowest BCUT2D eigenvalue weighted by Crippen LogP contribution is -2.35. The summed E-state index contributed by atoms with van der Waals surface area (Å²) in [6.07, 6.45) is 1.33. The Balaban J connectivity index is 1.89. The standard InChI is InChI=1S/C22H29NO4/c1-5-13-26-20-12-9-18(14-21(20)25-4)15-23-22(24)16(3)27-19-10-7-17(6-2)8-11-19/h7-12,14,16H,5-6,13,15H2,1-4H3,(H,23,24). The quantitative estimate of drug-likeness (QED) is 0.682. The van der Waals surface area contributed by atoms with Gasteiger partial charge in [0.2, 0.25) is 0 Å². The fourth-order valence-electron chi connectivity index (χ4n) is 2.55. The average Bonchev–Trinajstić information content (AvgIpc) is 2.71. The molecular weight excluding hydrogens is 342 g/mol. The van der Waals surface area contributed by atoms with Gasteiger partial charge in [-0.05, 0) is 55.2 Å². The summed E-state index contributed by atoms with van der Waals surface area (Å²) in [5.74, 6) is 1.89. The maximum atomic E-state index is 12.3. The average molecular weight is 371 g/mol. The van der Waals surface area contributed by atoms with E-state index < -0.39 is 6.10 Å². The molecule has 0 saturated carbocycles. The molecule has 2 rings (SSSR count). The first kappa shape index (κ1) is 20.6. The summed E-state index contributed by atoms with van der Waals surface area (Å²) >= 11 is 0. The summed E-state index contributed by atoms with van der Waals surface area (Å²) in [5, 5.41) is 2.90. The first-order valence-corrected chi connectivity index (χ1v) is 9.40. The van der Waals surface area contributed by atoms with E-state index in [4.69, 9.17) is 14.2 Å². The smallest absolute Gasteiger partial charge is 0.261 e. The summed E-state index contributed by atoms with van der Waals surface area (Å²) in [7, 11) is 1.61. The molecule has 0 spiro atoms. The van der Waals surface area contributed by atoms with Crippen molar-refractivity contribution in [2.75, 3.05) is 13.7 Å². The van der Waals surface area contributed by atoms with Crippen LogP contribution in [0.2, 0.25) is 0 Å². The molecule has 0 fully saturated rings. The Morgan fingerprint density at radius 3 is 2.37 bits per heavy atom. The van der Waals surface area contributed by atoms with Gasteiger partial charge in [-0.25, -0.2) is 0 Å². The van der Waals surface area contributed by atoms with Gasteiger partial charge < -0.3 is 19.5 Å². The van der Waals surface area contributed by atoms with Crippen LogP contribution in [0.1, 0.15) is 38.3 Å². The van der Waals surface area contributed by atoms with Crippen molar-refractivity contribution < 1.29 is 19.0 Å². The Labute approximate surface area is 161 Å². The van der Waals surface area contributed by atoms with Crippen LogP contribution in [0, 0.1) is 0 Å². The first-order valence-electron chi connectivity index (χ1n) is 9.40. The van der Waals surface area contributed by atoms with Crippen molar-refractivity contribution >= 4 is 5.91 Å². The molecule has 2 aromatic rings.